The van der Waals surface area contributed by atoms with E-state index in [2.05, 4.69) is 4.74 Å². The van der Waals surface area contributed by atoms with E-state index in [4.69, 9.17) is 5.73 Å². The topological polar surface area (TPSA) is 89.7 Å². The Hall–Kier alpha value is -0.670. The lowest BCUT2D eigenvalue weighted by Gasteiger charge is -2.34. The van der Waals surface area contributed by atoms with Gasteiger partial charge in [0.05, 0.1) is 7.11 Å². The van der Waals surface area contributed by atoms with Crippen LogP contribution in [0.1, 0.15) is 35.4 Å². The molecule has 9 heteroatoms. The van der Waals surface area contributed by atoms with Gasteiger partial charge < -0.3 is 10.5 Å². The van der Waals surface area contributed by atoms with Crippen LogP contribution in [0, 0.1) is 0 Å². The quantitative estimate of drug-likeness (QED) is 0.801. The highest BCUT2D eigenvalue weighted by molar-refractivity contribution is 7.89. The molecule has 6 nitrogen and oxygen atoms in total. The number of piperidine rings is 1. The van der Waals surface area contributed by atoms with Gasteiger partial charge in [-0.1, -0.05) is 6.42 Å². The van der Waals surface area contributed by atoms with E-state index in [1.54, 1.807) is 5.38 Å². The molecule has 0 aliphatic carbocycles. The molecule has 0 saturated carbocycles. The van der Waals surface area contributed by atoms with Crippen LogP contribution in [0.15, 0.2) is 16.3 Å². The summed E-state index contributed by atoms with van der Waals surface area (Å²) in [7, 11) is -2.44. The summed E-state index contributed by atoms with van der Waals surface area (Å²) in [5, 5.41) is 1.60. The first-order chi connectivity index (χ1) is 10.0. The fourth-order valence-electron chi connectivity index (χ4n) is 2.64. The van der Waals surface area contributed by atoms with Crippen LogP contribution in [0.25, 0.3) is 0 Å². The van der Waals surface area contributed by atoms with Gasteiger partial charge in [0.1, 0.15) is 9.77 Å². The number of hydrogen-bond donors (Lipinski definition) is 1. The average Bonchev–Trinajstić information content (AvgIpc) is 2.97. The summed E-state index contributed by atoms with van der Waals surface area (Å²) in [6, 6.07) is 1.39. The molecule has 1 unspecified atom stereocenters. The predicted molar refractivity (Wildman–Crippen MR) is 88.1 cm³/mol. The Balaban J connectivity index is 0.00000242. The van der Waals surface area contributed by atoms with Crippen molar-refractivity contribution in [2.75, 3.05) is 20.2 Å². The summed E-state index contributed by atoms with van der Waals surface area (Å²) < 4.78 is 31.9. The van der Waals surface area contributed by atoms with E-state index < -0.39 is 16.0 Å². The van der Waals surface area contributed by atoms with Gasteiger partial charge in [0.2, 0.25) is 10.0 Å². The Kier molecular flexibility index (Phi) is 7.27. The van der Waals surface area contributed by atoms with E-state index in [0.717, 1.165) is 30.6 Å². The molecule has 1 atom stereocenters. The molecule has 0 bridgehead atoms. The molecule has 0 aromatic carbocycles. The van der Waals surface area contributed by atoms with Crippen molar-refractivity contribution in [3.63, 3.8) is 0 Å². The van der Waals surface area contributed by atoms with Crippen LogP contribution in [0.2, 0.25) is 0 Å². The van der Waals surface area contributed by atoms with Crippen LogP contribution >= 0.6 is 23.7 Å². The number of methoxy groups -OCH3 is 1. The fraction of sp³-hybridized carbons (Fsp3) is 0.615. The number of carbonyl (C=O) groups is 1. The van der Waals surface area contributed by atoms with Crippen LogP contribution < -0.4 is 5.73 Å². The number of nitrogens with zero attached hydrogens (tertiary/aromatic N) is 1. The SMILES string of the molecule is COC(=O)c1sccc1S(=O)(=O)N1CCCCC1CCN.Cl. The van der Waals surface area contributed by atoms with Gasteiger partial charge in [-0.3, -0.25) is 0 Å². The van der Waals surface area contributed by atoms with Gasteiger partial charge in [0.25, 0.3) is 0 Å². The molecule has 0 amide bonds. The number of halogens is 1. The van der Waals surface area contributed by atoms with E-state index in [-0.39, 0.29) is 28.2 Å². The highest BCUT2D eigenvalue weighted by Crippen LogP contribution is 2.31. The molecule has 1 aliphatic rings. The second-order valence-electron chi connectivity index (χ2n) is 4.95. The molecule has 2 heterocycles. The van der Waals surface area contributed by atoms with Crippen molar-refractivity contribution in [2.45, 2.75) is 36.6 Å². The second kappa shape index (κ2) is 8.26. The van der Waals surface area contributed by atoms with E-state index >= 15 is 0 Å². The van der Waals surface area contributed by atoms with Gasteiger partial charge >= 0.3 is 5.97 Å². The van der Waals surface area contributed by atoms with Crippen molar-refractivity contribution in [1.29, 1.82) is 0 Å². The molecule has 1 aromatic heterocycles. The van der Waals surface area contributed by atoms with E-state index in [0.29, 0.717) is 19.5 Å². The maximum Gasteiger partial charge on any atom is 0.349 e. The average molecular weight is 369 g/mol. The van der Waals surface area contributed by atoms with Crippen molar-refractivity contribution < 1.29 is 17.9 Å². The van der Waals surface area contributed by atoms with Crippen molar-refractivity contribution in [3.8, 4) is 0 Å². The first-order valence-electron chi connectivity index (χ1n) is 6.90. The molecule has 22 heavy (non-hydrogen) atoms. The summed E-state index contributed by atoms with van der Waals surface area (Å²) in [5.41, 5.74) is 5.59. The first-order valence-corrected chi connectivity index (χ1v) is 9.22. The lowest BCUT2D eigenvalue weighted by molar-refractivity contribution is 0.0602. The lowest BCUT2D eigenvalue weighted by Crippen LogP contribution is -2.44. The molecule has 126 valence electrons. The van der Waals surface area contributed by atoms with Crippen molar-refractivity contribution in [2.24, 2.45) is 5.73 Å². The Labute approximate surface area is 141 Å². The molecular weight excluding hydrogens is 348 g/mol. The van der Waals surface area contributed by atoms with Crippen LogP contribution in [0.4, 0.5) is 0 Å². The Morgan fingerprint density at radius 2 is 2.23 bits per heavy atom. The zero-order chi connectivity index (χ0) is 15.5. The molecule has 0 radical (unpaired) electrons. The molecular formula is C13H21ClN2O4S2. The minimum Gasteiger partial charge on any atom is -0.465 e. The fourth-order valence-corrected chi connectivity index (χ4v) is 5.67. The van der Waals surface area contributed by atoms with Crippen LogP contribution in [0.3, 0.4) is 0 Å². The predicted octanol–water partition coefficient (Wildman–Crippen LogP) is 1.85. The number of hydrogen-bond acceptors (Lipinski definition) is 6. The third-order valence-electron chi connectivity index (χ3n) is 3.66. The molecule has 1 aliphatic heterocycles. The number of carbonyl (C=O) groups excluding carboxylic acids is 1. The van der Waals surface area contributed by atoms with E-state index in [1.165, 1.54) is 17.5 Å². The van der Waals surface area contributed by atoms with Gasteiger partial charge in [0.15, 0.2) is 0 Å². The molecule has 1 fully saturated rings. The van der Waals surface area contributed by atoms with Crippen molar-refractivity contribution in [3.05, 3.63) is 16.3 Å². The zero-order valence-corrected chi connectivity index (χ0v) is 14.8. The summed E-state index contributed by atoms with van der Waals surface area (Å²) in [6.45, 7) is 0.924. The van der Waals surface area contributed by atoms with Crippen molar-refractivity contribution >= 4 is 39.7 Å². The van der Waals surface area contributed by atoms with Crippen molar-refractivity contribution in [1.82, 2.24) is 4.31 Å². The van der Waals surface area contributed by atoms with Crippen LogP contribution in [-0.4, -0.2) is 44.9 Å². The largest absolute Gasteiger partial charge is 0.465 e. The van der Waals surface area contributed by atoms with Crippen LogP contribution in [0.5, 0.6) is 0 Å². The third kappa shape index (κ3) is 3.80. The van der Waals surface area contributed by atoms with Gasteiger partial charge in [-0.25, -0.2) is 13.2 Å². The molecule has 0 spiro atoms. The standard InChI is InChI=1S/C13H20N2O4S2.ClH/c1-19-13(16)12-11(6-9-20-12)21(17,18)15-8-3-2-4-10(15)5-7-14;/h6,9-10H,2-5,7-8,14H2,1H3;1H. The maximum atomic E-state index is 12.9. The second-order valence-corrected chi connectivity index (χ2v) is 7.72. The summed E-state index contributed by atoms with van der Waals surface area (Å²) in [5.74, 6) is -0.615. The Morgan fingerprint density at radius 3 is 2.86 bits per heavy atom. The number of rotatable bonds is 5. The highest BCUT2D eigenvalue weighted by atomic mass is 35.5. The number of nitrogens with two attached hydrogens (primary N) is 1. The normalized spacial score (nSPS) is 19.5. The number of esters is 1. The smallest absolute Gasteiger partial charge is 0.349 e. The highest BCUT2D eigenvalue weighted by Gasteiger charge is 2.36. The summed E-state index contributed by atoms with van der Waals surface area (Å²) >= 11 is 1.08. The molecule has 1 aromatic rings. The lowest BCUT2D eigenvalue weighted by atomic mass is 10.0. The zero-order valence-electron chi connectivity index (χ0n) is 12.4. The molecule has 1 saturated heterocycles. The van der Waals surface area contributed by atoms with Gasteiger partial charge in [-0.15, -0.1) is 23.7 Å². The Bertz CT molecular complexity index is 601. The number of ether oxygens (including phenoxy) is 1. The minimum absolute atomic E-state index is 0. The first kappa shape index (κ1) is 19.4. The number of sulfonamides is 1. The molecule has 2 N–H and O–H groups in total. The van der Waals surface area contributed by atoms with E-state index in [9.17, 15) is 13.2 Å². The van der Waals surface area contributed by atoms with Gasteiger partial charge in [-0.05, 0) is 37.3 Å². The summed E-state index contributed by atoms with van der Waals surface area (Å²) in [4.78, 5) is 11.9. The van der Waals surface area contributed by atoms with Gasteiger partial charge in [0, 0.05) is 12.6 Å². The monoisotopic (exact) mass is 368 g/mol. The van der Waals surface area contributed by atoms with Gasteiger partial charge in [-0.2, -0.15) is 4.31 Å². The summed E-state index contributed by atoms with van der Waals surface area (Å²) in [6.07, 6.45) is 3.28. The maximum absolute atomic E-state index is 12.9. The van der Waals surface area contributed by atoms with E-state index in [1.807, 2.05) is 0 Å². The minimum atomic E-state index is -3.69. The number of thiophene rings is 1. The molecule has 2 rings (SSSR count). The Morgan fingerprint density at radius 1 is 1.50 bits per heavy atom. The van der Waals surface area contributed by atoms with Crippen LogP contribution in [-0.2, 0) is 14.8 Å². The third-order valence-corrected chi connectivity index (χ3v) is 6.68.